The molecular weight excluding hydrogens is 258 g/mol. The van der Waals surface area contributed by atoms with E-state index in [0.29, 0.717) is 0 Å². The third-order valence-electron chi connectivity index (χ3n) is 2.93. The molecule has 0 saturated carbocycles. The largest absolute Gasteiger partial charge is 0.494 e. The van der Waals surface area contributed by atoms with Crippen molar-refractivity contribution in [1.82, 2.24) is 9.97 Å². The lowest BCUT2D eigenvalue weighted by molar-refractivity contribution is 0.417. The topological polar surface area (TPSA) is 38.2 Å². The van der Waals surface area contributed by atoms with Crippen LogP contribution in [0.4, 0.5) is 11.6 Å². The first-order chi connectivity index (χ1) is 9.06. The minimum atomic E-state index is 0.736. The number of hydrogen-bond donors (Lipinski definition) is 0. The highest BCUT2D eigenvalue weighted by molar-refractivity contribution is 7.10. The molecule has 0 bridgehead atoms. The SMILES string of the molecule is CCN(c1nc(C)cc(C)n1)c1c(OC)csc1C. The van der Waals surface area contributed by atoms with Crippen LogP contribution >= 0.6 is 11.3 Å². The zero-order chi connectivity index (χ0) is 14.0. The van der Waals surface area contributed by atoms with Crippen LogP contribution in [0, 0.1) is 20.8 Å². The van der Waals surface area contributed by atoms with E-state index < -0.39 is 0 Å². The third-order valence-corrected chi connectivity index (χ3v) is 3.81. The second kappa shape index (κ2) is 5.57. The lowest BCUT2D eigenvalue weighted by Crippen LogP contribution is -2.20. The Labute approximate surface area is 118 Å². The van der Waals surface area contributed by atoms with Crippen molar-refractivity contribution in [3.8, 4) is 5.75 Å². The number of nitrogens with zero attached hydrogens (tertiary/aromatic N) is 3. The van der Waals surface area contributed by atoms with Crippen molar-refractivity contribution in [3.05, 3.63) is 27.7 Å². The fourth-order valence-corrected chi connectivity index (χ4v) is 2.94. The van der Waals surface area contributed by atoms with E-state index >= 15 is 0 Å². The maximum absolute atomic E-state index is 5.44. The number of methoxy groups -OCH3 is 1. The molecule has 0 radical (unpaired) electrons. The molecule has 19 heavy (non-hydrogen) atoms. The second-order valence-corrected chi connectivity index (χ2v) is 5.49. The summed E-state index contributed by atoms with van der Waals surface area (Å²) in [5.41, 5.74) is 3.03. The van der Waals surface area contributed by atoms with Crippen LogP contribution in [-0.4, -0.2) is 23.6 Å². The summed E-state index contributed by atoms with van der Waals surface area (Å²) in [5.74, 6) is 1.62. The summed E-state index contributed by atoms with van der Waals surface area (Å²) in [7, 11) is 1.70. The van der Waals surface area contributed by atoms with Crippen LogP contribution in [0.15, 0.2) is 11.4 Å². The van der Waals surface area contributed by atoms with E-state index in [1.807, 2.05) is 25.3 Å². The molecule has 5 heteroatoms. The van der Waals surface area contributed by atoms with Gasteiger partial charge in [-0.2, -0.15) is 0 Å². The van der Waals surface area contributed by atoms with E-state index in [1.54, 1.807) is 18.4 Å². The number of aryl methyl sites for hydroxylation is 3. The van der Waals surface area contributed by atoms with Gasteiger partial charge in [0.25, 0.3) is 0 Å². The first-order valence-electron chi connectivity index (χ1n) is 6.28. The Balaban J connectivity index is 2.52. The monoisotopic (exact) mass is 277 g/mol. The normalized spacial score (nSPS) is 10.6. The molecule has 2 rings (SSSR count). The molecule has 2 heterocycles. The van der Waals surface area contributed by atoms with Crippen LogP contribution in [-0.2, 0) is 0 Å². The molecule has 0 unspecified atom stereocenters. The average molecular weight is 277 g/mol. The van der Waals surface area contributed by atoms with Gasteiger partial charge >= 0.3 is 0 Å². The van der Waals surface area contributed by atoms with Crippen molar-refractivity contribution in [2.45, 2.75) is 27.7 Å². The van der Waals surface area contributed by atoms with E-state index in [4.69, 9.17) is 4.74 Å². The number of rotatable bonds is 4. The first-order valence-corrected chi connectivity index (χ1v) is 7.16. The van der Waals surface area contributed by atoms with E-state index in [9.17, 15) is 0 Å². The Hall–Kier alpha value is -1.62. The van der Waals surface area contributed by atoms with Crippen LogP contribution in [0.3, 0.4) is 0 Å². The zero-order valence-corrected chi connectivity index (χ0v) is 12.8. The Morgan fingerprint density at radius 2 is 1.84 bits per heavy atom. The molecule has 0 fully saturated rings. The van der Waals surface area contributed by atoms with Crippen molar-refractivity contribution >= 4 is 23.0 Å². The van der Waals surface area contributed by atoms with Gasteiger partial charge in [0.15, 0.2) is 5.75 Å². The van der Waals surface area contributed by atoms with E-state index in [0.717, 1.165) is 35.3 Å². The Kier molecular flexibility index (Phi) is 4.04. The Bertz CT molecular complexity index is 560. The van der Waals surface area contributed by atoms with Gasteiger partial charge in [0.2, 0.25) is 5.95 Å². The molecular formula is C14H19N3OS. The summed E-state index contributed by atoms with van der Waals surface area (Å²) in [6.07, 6.45) is 0. The molecule has 0 aliphatic heterocycles. The van der Waals surface area contributed by atoms with Crippen LogP contribution < -0.4 is 9.64 Å². The highest BCUT2D eigenvalue weighted by Crippen LogP contribution is 2.39. The number of ether oxygens (including phenoxy) is 1. The third kappa shape index (κ3) is 2.71. The van der Waals surface area contributed by atoms with Crippen molar-refractivity contribution in [2.75, 3.05) is 18.6 Å². The Morgan fingerprint density at radius 3 is 2.37 bits per heavy atom. The minimum absolute atomic E-state index is 0.736. The molecule has 0 aliphatic rings. The van der Waals surface area contributed by atoms with Gasteiger partial charge < -0.3 is 9.64 Å². The van der Waals surface area contributed by atoms with Crippen molar-refractivity contribution in [1.29, 1.82) is 0 Å². The number of thiophene rings is 1. The summed E-state index contributed by atoms with van der Waals surface area (Å²) >= 11 is 1.68. The molecule has 2 aromatic rings. The quantitative estimate of drug-likeness (QED) is 0.855. The van der Waals surface area contributed by atoms with Gasteiger partial charge in [-0.3, -0.25) is 0 Å². The van der Waals surface area contributed by atoms with Gasteiger partial charge in [-0.15, -0.1) is 11.3 Å². The molecule has 0 saturated heterocycles. The maximum Gasteiger partial charge on any atom is 0.230 e. The smallest absolute Gasteiger partial charge is 0.230 e. The molecule has 4 nitrogen and oxygen atoms in total. The molecule has 102 valence electrons. The standard InChI is InChI=1S/C14H19N3OS/c1-6-17(13-11(4)19-8-12(13)18-5)14-15-9(2)7-10(3)16-14/h7-8H,6H2,1-5H3. The van der Waals surface area contributed by atoms with Crippen molar-refractivity contribution in [2.24, 2.45) is 0 Å². The number of hydrogen-bond acceptors (Lipinski definition) is 5. The van der Waals surface area contributed by atoms with Gasteiger partial charge in [0, 0.05) is 28.2 Å². The highest BCUT2D eigenvalue weighted by atomic mass is 32.1. The fraction of sp³-hybridized carbons (Fsp3) is 0.429. The van der Waals surface area contributed by atoms with E-state index in [2.05, 4.69) is 28.7 Å². The molecule has 0 N–H and O–H groups in total. The molecule has 0 aromatic carbocycles. The van der Waals surface area contributed by atoms with Crippen LogP contribution in [0.25, 0.3) is 0 Å². The highest BCUT2D eigenvalue weighted by Gasteiger charge is 2.19. The molecule has 0 atom stereocenters. The summed E-state index contributed by atoms with van der Waals surface area (Å²) in [6, 6.07) is 1.98. The summed E-state index contributed by atoms with van der Waals surface area (Å²) in [4.78, 5) is 12.4. The summed E-state index contributed by atoms with van der Waals surface area (Å²) < 4.78 is 5.44. The van der Waals surface area contributed by atoms with Crippen LogP contribution in [0.5, 0.6) is 5.75 Å². The van der Waals surface area contributed by atoms with Gasteiger partial charge in [-0.25, -0.2) is 9.97 Å². The van der Waals surface area contributed by atoms with Crippen LogP contribution in [0.2, 0.25) is 0 Å². The average Bonchev–Trinajstić information content (AvgIpc) is 2.71. The molecule has 0 spiro atoms. The predicted octanol–water partition coefficient (Wildman–Crippen LogP) is 3.63. The molecule has 2 aromatic heterocycles. The van der Waals surface area contributed by atoms with Gasteiger partial charge in [-0.05, 0) is 33.8 Å². The van der Waals surface area contributed by atoms with Gasteiger partial charge in [0.1, 0.15) is 0 Å². The predicted molar refractivity (Wildman–Crippen MR) is 79.8 cm³/mol. The lowest BCUT2D eigenvalue weighted by atomic mass is 10.3. The van der Waals surface area contributed by atoms with Crippen LogP contribution in [0.1, 0.15) is 23.2 Å². The van der Waals surface area contributed by atoms with E-state index in [1.165, 1.54) is 4.88 Å². The number of anilines is 2. The van der Waals surface area contributed by atoms with Gasteiger partial charge in [0.05, 0.1) is 12.8 Å². The van der Waals surface area contributed by atoms with Crippen molar-refractivity contribution in [3.63, 3.8) is 0 Å². The Morgan fingerprint density at radius 1 is 1.21 bits per heavy atom. The van der Waals surface area contributed by atoms with E-state index in [-0.39, 0.29) is 0 Å². The summed E-state index contributed by atoms with van der Waals surface area (Å²) in [6.45, 7) is 8.97. The molecule has 0 amide bonds. The minimum Gasteiger partial charge on any atom is -0.494 e. The summed E-state index contributed by atoms with van der Waals surface area (Å²) in [5, 5.41) is 2.02. The first kappa shape index (κ1) is 13.8. The number of aromatic nitrogens is 2. The van der Waals surface area contributed by atoms with Crippen molar-refractivity contribution < 1.29 is 4.74 Å². The molecule has 0 aliphatic carbocycles. The van der Waals surface area contributed by atoms with Gasteiger partial charge in [-0.1, -0.05) is 0 Å². The second-order valence-electron chi connectivity index (χ2n) is 4.40. The fourth-order valence-electron chi connectivity index (χ4n) is 2.12. The zero-order valence-electron chi connectivity index (χ0n) is 12.0. The maximum atomic E-state index is 5.44. The lowest BCUT2D eigenvalue weighted by Gasteiger charge is -2.22.